The first-order valence-corrected chi connectivity index (χ1v) is 6.54. The quantitative estimate of drug-likeness (QED) is 0.788. The molecule has 2 unspecified atom stereocenters. The highest BCUT2D eigenvalue weighted by molar-refractivity contribution is 4.82. The summed E-state index contributed by atoms with van der Waals surface area (Å²) in [5.74, 6) is 0. The molecule has 0 spiro atoms. The highest BCUT2D eigenvalue weighted by atomic mass is 16.3. The predicted molar refractivity (Wildman–Crippen MR) is 68.6 cm³/mol. The molecule has 1 saturated heterocycles. The zero-order valence-corrected chi connectivity index (χ0v) is 11.4. The Morgan fingerprint density at radius 1 is 1.38 bits per heavy atom. The van der Waals surface area contributed by atoms with E-state index in [1.165, 1.54) is 19.5 Å². The Hall–Kier alpha value is -0.120. The van der Waals surface area contributed by atoms with Crippen LogP contribution >= 0.6 is 0 Å². The first kappa shape index (κ1) is 13.9. The molecule has 1 aliphatic heterocycles. The van der Waals surface area contributed by atoms with Crippen LogP contribution in [0.4, 0.5) is 0 Å². The molecule has 0 radical (unpaired) electrons. The van der Waals surface area contributed by atoms with E-state index in [1.54, 1.807) is 0 Å². The van der Waals surface area contributed by atoms with Gasteiger partial charge in [0.15, 0.2) is 0 Å². The Bertz CT molecular complexity index is 204. The van der Waals surface area contributed by atoms with Crippen molar-refractivity contribution in [2.45, 2.75) is 39.7 Å². The van der Waals surface area contributed by atoms with Crippen LogP contribution in [-0.4, -0.2) is 60.8 Å². The molecule has 1 aliphatic rings. The van der Waals surface area contributed by atoms with Crippen molar-refractivity contribution < 1.29 is 5.11 Å². The fraction of sp³-hybridized carbons (Fsp3) is 1.00. The molecule has 0 aromatic carbocycles. The number of nitrogens with zero attached hydrogens (tertiary/aromatic N) is 2. The van der Waals surface area contributed by atoms with Gasteiger partial charge in [-0.3, -0.25) is 4.90 Å². The topological polar surface area (TPSA) is 26.7 Å². The first-order valence-electron chi connectivity index (χ1n) is 6.54. The zero-order valence-electron chi connectivity index (χ0n) is 11.4. The summed E-state index contributed by atoms with van der Waals surface area (Å²) < 4.78 is 0. The molecule has 0 aromatic rings. The van der Waals surface area contributed by atoms with E-state index < -0.39 is 0 Å². The van der Waals surface area contributed by atoms with Gasteiger partial charge in [0.2, 0.25) is 0 Å². The lowest BCUT2D eigenvalue weighted by Gasteiger charge is -2.36. The van der Waals surface area contributed by atoms with Crippen LogP contribution in [0.15, 0.2) is 0 Å². The van der Waals surface area contributed by atoms with Crippen molar-refractivity contribution in [3.05, 3.63) is 0 Å². The lowest BCUT2D eigenvalue weighted by molar-refractivity contribution is 0.0678. The fourth-order valence-electron chi connectivity index (χ4n) is 2.42. The Morgan fingerprint density at radius 2 is 2.06 bits per heavy atom. The Morgan fingerprint density at radius 3 is 2.62 bits per heavy atom. The predicted octanol–water partition coefficient (Wildman–Crippen LogP) is 1.42. The molecule has 1 heterocycles. The molecule has 3 heteroatoms. The van der Waals surface area contributed by atoms with Gasteiger partial charge < -0.3 is 10.0 Å². The average Bonchev–Trinajstić information content (AvgIpc) is 2.41. The van der Waals surface area contributed by atoms with Gasteiger partial charge in [-0.15, -0.1) is 0 Å². The summed E-state index contributed by atoms with van der Waals surface area (Å²) in [6.07, 6.45) is 2.29. The molecular weight excluding hydrogens is 200 g/mol. The molecule has 0 aliphatic carbocycles. The van der Waals surface area contributed by atoms with E-state index in [9.17, 15) is 5.11 Å². The van der Waals surface area contributed by atoms with Crippen molar-refractivity contribution >= 4 is 0 Å². The van der Waals surface area contributed by atoms with Gasteiger partial charge in [0.05, 0.1) is 0 Å². The largest absolute Gasteiger partial charge is 0.396 e. The zero-order chi connectivity index (χ0) is 12.2. The van der Waals surface area contributed by atoms with Gasteiger partial charge >= 0.3 is 0 Å². The second kappa shape index (κ2) is 5.99. The van der Waals surface area contributed by atoms with E-state index in [1.807, 2.05) is 0 Å². The molecule has 2 atom stereocenters. The number of rotatable bonds is 4. The smallest absolute Gasteiger partial charge is 0.0496 e. The van der Waals surface area contributed by atoms with E-state index >= 15 is 0 Å². The standard InChI is InChI=1S/C13H28N2O/c1-5-13(3,11-16)10-15-8-6-7-14(4)9-12(15)2/h12,16H,5-11H2,1-4H3. The fourth-order valence-corrected chi connectivity index (χ4v) is 2.42. The summed E-state index contributed by atoms with van der Waals surface area (Å²) in [4.78, 5) is 4.95. The Balaban J connectivity index is 2.57. The molecule has 1 rings (SSSR count). The first-order chi connectivity index (χ1) is 7.50. The number of aliphatic hydroxyl groups excluding tert-OH is 1. The van der Waals surface area contributed by atoms with Gasteiger partial charge in [-0.05, 0) is 39.9 Å². The average molecular weight is 228 g/mol. The van der Waals surface area contributed by atoms with Crippen LogP contribution in [0.5, 0.6) is 0 Å². The molecule has 0 aromatic heterocycles. The van der Waals surface area contributed by atoms with Gasteiger partial charge in [0.1, 0.15) is 0 Å². The summed E-state index contributed by atoms with van der Waals surface area (Å²) in [6, 6.07) is 0.602. The maximum Gasteiger partial charge on any atom is 0.0496 e. The van der Waals surface area contributed by atoms with E-state index in [2.05, 4.69) is 37.6 Å². The molecular formula is C13H28N2O. The molecule has 0 amide bonds. The summed E-state index contributed by atoms with van der Waals surface area (Å²) in [7, 11) is 2.20. The van der Waals surface area contributed by atoms with Crippen LogP contribution in [0.25, 0.3) is 0 Å². The summed E-state index contributed by atoms with van der Waals surface area (Å²) in [5, 5.41) is 9.49. The maximum atomic E-state index is 9.49. The van der Waals surface area contributed by atoms with Crippen molar-refractivity contribution in [1.82, 2.24) is 9.80 Å². The van der Waals surface area contributed by atoms with Crippen LogP contribution in [0.3, 0.4) is 0 Å². The monoisotopic (exact) mass is 228 g/mol. The van der Waals surface area contributed by atoms with Crippen LogP contribution < -0.4 is 0 Å². The third-order valence-electron chi connectivity index (χ3n) is 4.00. The normalized spacial score (nSPS) is 28.7. The van der Waals surface area contributed by atoms with E-state index in [-0.39, 0.29) is 5.41 Å². The van der Waals surface area contributed by atoms with Gasteiger partial charge in [-0.25, -0.2) is 0 Å². The van der Waals surface area contributed by atoms with Crippen molar-refractivity contribution in [2.75, 3.05) is 39.8 Å². The van der Waals surface area contributed by atoms with Crippen LogP contribution in [-0.2, 0) is 0 Å². The second-order valence-corrected chi connectivity index (χ2v) is 5.76. The van der Waals surface area contributed by atoms with Crippen molar-refractivity contribution in [1.29, 1.82) is 0 Å². The third kappa shape index (κ3) is 3.72. The minimum absolute atomic E-state index is 0.0666. The highest BCUT2D eigenvalue weighted by Gasteiger charge is 2.28. The molecule has 1 N–H and O–H groups in total. The Labute approximate surface area is 100 Å². The summed E-state index contributed by atoms with van der Waals surface area (Å²) in [5.41, 5.74) is 0.0666. The number of hydrogen-bond donors (Lipinski definition) is 1. The van der Waals surface area contributed by atoms with Crippen molar-refractivity contribution in [3.8, 4) is 0 Å². The third-order valence-corrected chi connectivity index (χ3v) is 4.00. The van der Waals surface area contributed by atoms with Crippen molar-refractivity contribution in [2.24, 2.45) is 5.41 Å². The van der Waals surface area contributed by atoms with E-state index in [4.69, 9.17) is 0 Å². The van der Waals surface area contributed by atoms with E-state index in [0.29, 0.717) is 12.6 Å². The second-order valence-electron chi connectivity index (χ2n) is 5.76. The van der Waals surface area contributed by atoms with Crippen LogP contribution in [0.1, 0.15) is 33.6 Å². The number of likely N-dealkylation sites (N-methyl/N-ethyl adjacent to an activating group) is 1. The minimum Gasteiger partial charge on any atom is -0.396 e. The van der Waals surface area contributed by atoms with Gasteiger partial charge in [-0.1, -0.05) is 13.8 Å². The molecule has 96 valence electrons. The van der Waals surface area contributed by atoms with Gasteiger partial charge in [-0.2, -0.15) is 0 Å². The molecule has 0 bridgehead atoms. The lowest BCUT2D eigenvalue weighted by atomic mass is 9.87. The lowest BCUT2D eigenvalue weighted by Crippen LogP contribution is -2.44. The van der Waals surface area contributed by atoms with Gasteiger partial charge in [0, 0.05) is 31.2 Å². The Kier molecular flexibility index (Phi) is 5.22. The minimum atomic E-state index is 0.0666. The molecule has 1 fully saturated rings. The molecule has 3 nitrogen and oxygen atoms in total. The van der Waals surface area contributed by atoms with Crippen molar-refractivity contribution in [3.63, 3.8) is 0 Å². The molecule has 16 heavy (non-hydrogen) atoms. The highest BCUT2D eigenvalue weighted by Crippen LogP contribution is 2.23. The van der Waals surface area contributed by atoms with Crippen LogP contribution in [0, 0.1) is 5.41 Å². The van der Waals surface area contributed by atoms with E-state index in [0.717, 1.165) is 19.5 Å². The molecule has 0 saturated carbocycles. The summed E-state index contributed by atoms with van der Waals surface area (Å²) >= 11 is 0. The SMILES string of the molecule is CCC(C)(CO)CN1CCCN(C)CC1C. The van der Waals surface area contributed by atoms with Gasteiger partial charge in [0.25, 0.3) is 0 Å². The number of aliphatic hydroxyl groups is 1. The van der Waals surface area contributed by atoms with Crippen LogP contribution in [0.2, 0.25) is 0 Å². The maximum absolute atomic E-state index is 9.49. The number of hydrogen-bond acceptors (Lipinski definition) is 3. The summed E-state index contributed by atoms with van der Waals surface area (Å²) in [6.45, 7) is 11.5.